The minimum absolute atomic E-state index is 0.488. The Morgan fingerprint density at radius 3 is 2.35 bits per heavy atom. The van der Waals surface area contributed by atoms with E-state index in [0.29, 0.717) is 6.61 Å². The molecule has 46 heavy (non-hydrogen) atoms. The maximum Gasteiger partial charge on any atom is 0.405 e. The van der Waals surface area contributed by atoms with Gasteiger partial charge in [-0.25, -0.2) is 14.8 Å². The molecule has 1 aliphatic carbocycles. The van der Waals surface area contributed by atoms with Crippen LogP contribution in [0.15, 0.2) is 121 Å². The van der Waals surface area contributed by atoms with Gasteiger partial charge in [0.1, 0.15) is 18.2 Å². The number of nitrogens with zero attached hydrogens (tertiary/aromatic N) is 3. The number of hydrogen-bond donors (Lipinski definition) is 3. The largest absolute Gasteiger partial charge is 0.489 e. The van der Waals surface area contributed by atoms with E-state index in [1.807, 2.05) is 78.9 Å². The van der Waals surface area contributed by atoms with Gasteiger partial charge in [0, 0.05) is 22.9 Å². The van der Waals surface area contributed by atoms with Crippen LogP contribution in [0.1, 0.15) is 30.4 Å². The third kappa shape index (κ3) is 4.84. The highest BCUT2D eigenvalue weighted by Gasteiger charge is 2.40. The molecule has 0 unspecified atom stereocenters. The lowest BCUT2D eigenvalue weighted by molar-refractivity contribution is 0.144. The Morgan fingerprint density at radius 2 is 1.61 bits per heavy atom. The van der Waals surface area contributed by atoms with Crippen molar-refractivity contribution in [3.63, 3.8) is 0 Å². The van der Waals surface area contributed by atoms with Crippen molar-refractivity contribution in [2.24, 2.45) is 0 Å². The number of fused-ring (bicyclic) bond motifs is 5. The van der Waals surface area contributed by atoms with Gasteiger partial charge < -0.3 is 20.5 Å². The highest BCUT2D eigenvalue weighted by Crippen LogP contribution is 2.46. The third-order valence-electron chi connectivity index (χ3n) is 8.97. The lowest BCUT2D eigenvalue weighted by atomic mass is 9.71. The first-order valence-electron chi connectivity index (χ1n) is 15.4. The molecule has 1 amide bonds. The molecule has 3 N–H and O–H groups in total. The van der Waals surface area contributed by atoms with Gasteiger partial charge in [-0.05, 0) is 78.9 Å². The fourth-order valence-electron chi connectivity index (χ4n) is 6.51. The Balaban J connectivity index is 1.27. The van der Waals surface area contributed by atoms with E-state index in [1.165, 1.54) is 0 Å². The Hall–Kier alpha value is -5.89. The fraction of sp³-hybridized carbons (Fsp3) is 0.132. The highest BCUT2D eigenvalue weighted by atomic mass is 16.5. The first-order valence-corrected chi connectivity index (χ1v) is 15.4. The normalized spacial score (nSPS) is 14.0. The molecule has 3 heterocycles. The Labute approximate surface area is 266 Å². The SMILES string of the molecule is O=C(O)NC1(c2ccc(-c3c(-c4ccc(OCc5ccccc5)cc4)nc4n3-c3cccnc3Nc3ccccc3-4)cc2)CCC1. The van der Waals surface area contributed by atoms with E-state index in [0.717, 1.165) is 87.2 Å². The van der Waals surface area contributed by atoms with Gasteiger partial charge in [-0.2, -0.15) is 0 Å². The molecule has 226 valence electrons. The molecule has 0 bridgehead atoms. The number of hydrogen-bond acceptors (Lipinski definition) is 5. The number of carbonyl (C=O) groups is 1. The van der Waals surface area contributed by atoms with Gasteiger partial charge in [-0.15, -0.1) is 0 Å². The van der Waals surface area contributed by atoms with Crippen LogP contribution in [0.25, 0.3) is 39.6 Å². The lowest BCUT2D eigenvalue weighted by Crippen LogP contribution is -2.50. The zero-order valence-corrected chi connectivity index (χ0v) is 25.0. The van der Waals surface area contributed by atoms with Crippen molar-refractivity contribution in [1.29, 1.82) is 0 Å². The quantitative estimate of drug-likeness (QED) is 0.168. The zero-order valence-electron chi connectivity index (χ0n) is 25.0. The Bertz CT molecular complexity index is 2050. The second-order valence-corrected chi connectivity index (χ2v) is 11.8. The van der Waals surface area contributed by atoms with Crippen LogP contribution in [0.3, 0.4) is 0 Å². The molecular formula is C38H31N5O3. The van der Waals surface area contributed by atoms with E-state index in [1.54, 1.807) is 6.20 Å². The average Bonchev–Trinajstić information content (AvgIpc) is 3.41. The number of aromatic nitrogens is 3. The molecule has 4 aromatic carbocycles. The van der Waals surface area contributed by atoms with Crippen LogP contribution >= 0.6 is 0 Å². The van der Waals surface area contributed by atoms with Crippen LogP contribution in [0.2, 0.25) is 0 Å². The first kappa shape index (κ1) is 27.6. The molecule has 1 saturated carbocycles. The second-order valence-electron chi connectivity index (χ2n) is 11.8. The standard InChI is InChI=1S/C38H31N5O3/c44-37(45)42-38(21-7-22-38)28-17-13-27(14-18-28)34-33(26-15-19-29(20-16-26)46-24-25-8-2-1-3-9-25)41-36-30-10-4-5-11-31(30)40-35-32(43(34)36)12-6-23-39-35/h1-6,8-20,23,42H,7,21-22,24H2,(H,39,40)(H,44,45). The van der Waals surface area contributed by atoms with E-state index < -0.39 is 11.6 Å². The summed E-state index contributed by atoms with van der Waals surface area (Å²) in [5, 5.41) is 15.8. The van der Waals surface area contributed by atoms with E-state index >= 15 is 0 Å². The minimum Gasteiger partial charge on any atom is -0.489 e. The molecule has 8 nitrogen and oxygen atoms in total. The van der Waals surface area contributed by atoms with Gasteiger partial charge in [0.25, 0.3) is 0 Å². The van der Waals surface area contributed by atoms with Crippen molar-refractivity contribution in [1.82, 2.24) is 19.9 Å². The average molecular weight is 606 g/mol. The first-order chi connectivity index (χ1) is 22.6. The number of rotatable bonds is 7. The van der Waals surface area contributed by atoms with Crippen molar-refractivity contribution < 1.29 is 14.6 Å². The van der Waals surface area contributed by atoms with Gasteiger partial charge >= 0.3 is 6.09 Å². The number of carboxylic acid groups (broad SMARTS) is 1. The van der Waals surface area contributed by atoms with Crippen molar-refractivity contribution in [2.75, 3.05) is 5.32 Å². The third-order valence-corrected chi connectivity index (χ3v) is 8.97. The fourth-order valence-corrected chi connectivity index (χ4v) is 6.51. The number of pyridine rings is 1. The molecule has 2 aromatic heterocycles. The van der Waals surface area contributed by atoms with Crippen LogP contribution in [0.4, 0.5) is 16.3 Å². The summed E-state index contributed by atoms with van der Waals surface area (Å²) in [6, 6.07) is 38.5. The van der Waals surface area contributed by atoms with Gasteiger partial charge in [-0.1, -0.05) is 66.7 Å². The number of amides is 1. The highest BCUT2D eigenvalue weighted by molar-refractivity contribution is 5.91. The van der Waals surface area contributed by atoms with Gasteiger partial charge in [0.2, 0.25) is 0 Å². The number of anilines is 2. The Morgan fingerprint density at radius 1 is 0.870 bits per heavy atom. The number of para-hydroxylation sites is 1. The summed E-state index contributed by atoms with van der Waals surface area (Å²) < 4.78 is 8.27. The summed E-state index contributed by atoms with van der Waals surface area (Å²) in [4.78, 5) is 21.7. The predicted molar refractivity (Wildman–Crippen MR) is 178 cm³/mol. The van der Waals surface area contributed by atoms with Gasteiger partial charge in [0.05, 0.1) is 28.3 Å². The van der Waals surface area contributed by atoms with Crippen LogP contribution in [0, 0.1) is 0 Å². The van der Waals surface area contributed by atoms with Crippen LogP contribution < -0.4 is 15.4 Å². The number of imidazole rings is 1. The van der Waals surface area contributed by atoms with Crippen molar-refractivity contribution in [3.8, 4) is 45.3 Å². The smallest absolute Gasteiger partial charge is 0.405 e. The second kappa shape index (κ2) is 11.2. The van der Waals surface area contributed by atoms with E-state index in [4.69, 9.17) is 14.7 Å². The number of nitrogens with one attached hydrogen (secondary N) is 2. The van der Waals surface area contributed by atoms with Gasteiger partial charge in [-0.3, -0.25) is 4.57 Å². The summed E-state index contributed by atoms with van der Waals surface area (Å²) in [6.07, 6.45) is 3.34. The van der Waals surface area contributed by atoms with Crippen LogP contribution in [-0.2, 0) is 12.1 Å². The molecule has 0 spiro atoms. The molecule has 0 atom stereocenters. The van der Waals surface area contributed by atoms with E-state index in [2.05, 4.69) is 51.6 Å². The van der Waals surface area contributed by atoms with Crippen LogP contribution in [0.5, 0.6) is 5.75 Å². The molecule has 1 aliphatic heterocycles. The van der Waals surface area contributed by atoms with Crippen molar-refractivity contribution in [3.05, 3.63) is 133 Å². The Kier molecular flexibility index (Phi) is 6.75. The summed E-state index contributed by atoms with van der Waals surface area (Å²) in [5.74, 6) is 2.32. The zero-order chi connectivity index (χ0) is 31.1. The molecule has 0 radical (unpaired) electrons. The number of ether oxygens (including phenoxy) is 1. The molecule has 8 rings (SSSR count). The summed E-state index contributed by atoms with van der Waals surface area (Å²) in [5.41, 5.74) is 7.96. The summed E-state index contributed by atoms with van der Waals surface area (Å²) in [7, 11) is 0. The summed E-state index contributed by atoms with van der Waals surface area (Å²) in [6.45, 7) is 0.488. The number of benzene rings is 4. The van der Waals surface area contributed by atoms with Gasteiger partial charge in [0.15, 0.2) is 5.82 Å². The van der Waals surface area contributed by atoms with E-state index in [9.17, 15) is 9.90 Å². The monoisotopic (exact) mass is 605 g/mol. The summed E-state index contributed by atoms with van der Waals surface area (Å²) >= 11 is 0. The molecule has 1 fully saturated rings. The molecular weight excluding hydrogens is 574 g/mol. The minimum atomic E-state index is -1.00. The predicted octanol–water partition coefficient (Wildman–Crippen LogP) is 8.55. The van der Waals surface area contributed by atoms with Crippen molar-refractivity contribution >= 4 is 17.6 Å². The lowest BCUT2D eigenvalue weighted by Gasteiger charge is -2.42. The molecule has 0 saturated heterocycles. The molecule has 6 aromatic rings. The maximum atomic E-state index is 11.6. The molecule has 2 aliphatic rings. The van der Waals surface area contributed by atoms with E-state index in [-0.39, 0.29) is 0 Å². The van der Waals surface area contributed by atoms with Crippen LogP contribution in [-0.4, -0.2) is 25.7 Å². The topological polar surface area (TPSA) is 101 Å². The van der Waals surface area contributed by atoms with Crippen molar-refractivity contribution in [2.45, 2.75) is 31.4 Å². The molecule has 8 heteroatoms. The maximum absolute atomic E-state index is 11.6.